The standard InChI is InChI=1S/C10H16ClN5O3S/c11-8-5-7(6-14-10(8)16-13)20(18,19)15-4-2-1-3-9(12)17/h5-6,15H,1-4,13H2,(H2,12,17)(H,14,16). The number of halogens is 1. The van der Waals surface area contributed by atoms with Crippen molar-refractivity contribution in [3.05, 3.63) is 17.3 Å². The Labute approximate surface area is 121 Å². The highest BCUT2D eigenvalue weighted by molar-refractivity contribution is 7.89. The van der Waals surface area contributed by atoms with Gasteiger partial charge in [-0.25, -0.2) is 24.0 Å². The third-order valence-electron chi connectivity index (χ3n) is 2.41. The number of amides is 1. The van der Waals surface area contributed by atoms with Crippen LogP contribution in [0.5, 0.6) is 0 Å². The average molecular weight is 322 g/mol. The van der Waals surface area contributed by atoms with E-state index in [0.29, 0.717) is 12.8 Å². The molecule has 20 heavy (non-hydrogen) atoms. The lowest BCUT2D eigenvalue weighted by Crippen LogP contribution is -2.25. The first kappa shape index (κ1) is 16.6. The fourth-order valence-corrected chi connectivity index (χ4v) is 2.72. The Morgan fingerprint density at radius 3 is 2.65 bits per heavy atom. The van der Waals surface area contributed by atoms with Gasteiger partial charge in [0.15, 0.2) is 5.82 Å². The number of anilines is 1. The van der Waals surface area contributed by atoms with Gasteiger partial charge in [-0.05, 0) is 18.9 Å². The van der Waals surface area contributed by atoms with Gasteiger partial charge in [-0.3, -0.25) is 4.79 Å². The summed E-state index contributed by atoms with van der Waals surface area (Å²) in [5, 5.41) is 0.101. The Hall–Kier alpha value is -1.42. The molecule has 112 valence electrons. The Morgan fingerprint density at radius 1 is 1.40 bits per heavy atom. The number of carbonyl (C=O) groups is 1. The van der Waals surface area contributed by atoms with Crippen molar-refractivity contribution in [1.82, 2.24) is 9.71 Å². The van der Waals surface area contributed by atoms with E-state index in [2.05, 4.69) is 15.1 Å². The lowest BCUT2D eigenvalue weighted by Gasteiger charge is -2.08. The van der Waals surface area contributed by atoms with Crippen molar-refractivity contribution in [2.24, 2.45) is 11.6 Å². The molecule has 1 rings (SSSR count). The van der Waals surface area contributed by atoms with Crippen LogP contribution in [0.15, 0.2) is 17.2 Å². The molecule has 0 aliphatic carbocycles. The maximum Gasteiger partial charge on any atom is 0.242 e. The molecule has 1 heterocycles. The molecule has 0 aliphatic heterocycles. The second-order valence-electron chi connectivity index (χ2n) is 3.97. The van der Waals surface area contributed by atoms with E-state index in [4.69, 9.17) is 23.2 Å². The lowest BCUT2D eigenvalue weighted by atomic mass is 10.2. The molecule has 0 saturated heterocycles. The average Bonchev–Trinajstić information content (AvgIpc) is 2.37. The lowest BCUT2D eigenvalue weighted by molar-refractivity contribution is -0.118. The first-order valence-electron chi connectivity index (χ1n) is 5.77. The Bertz CT molecular complexity index is 578. The normalized spacial score (nSPS) is 11.3. The summed E-state index contributed by atoms with van der Waals surface area (Å²) in [5.74, 6) is 4.93. The van der Waals surface area contributed by atoms with Crippen LogP contribution >= 0.6 is 11.6 Å². The van der Waals surface area contributed by atoms with Crippen molar-refractivity contribution in [3.63, 3.8) is 0 Å². The smallest absolute Gasteiger partial charge is 0.242 e. The van der Waals surface area contributed by atoms with Crippen molar-refractivity contribution < 1.29 is 13.2 Å². The second kappa shape index (κ2) is 7.39. The Morgan fingerprint density at radius 2 is 2.10 bits per heavy atom. The number of nitrogens with one attached hydrogen (secondary N) is 2. The highest BCUT2D eigenvalue weighted by atomic mass is 35.5. The van der Waals surface area contributed by atoms with E-state index in [0.717, 1.165) is 6.20 Å². The van der Waals surface area contributed by atoms with Crippen LogP contribution < -0.4 is 21.7 Å². The number of hydrogen-bond donors (Lipinski definition) is 4. The van der Waals surface area contributed by atoms with Gasteiger partial charge in [0, 0.05) is 19.2 Å². The molecule has 1 aromatic heterocycles. The monoisotopic (exact) mass is 321 g/mol. The van der Waals surface area contributed by atoms with Gasteiger partial charge in [-0.2, -0.15) is 0 Å². The van der Waals surface area contributed by atoms with E-state index in [1.54, 1.807) is 0 Å². The van der Waals surface area contributed by atoms with Crippen molar-refractivity contribution in [1.29, 1.82) is 0 Å². The topological polar surface area (TPSA) is 140 Å². The molecule has 1 amide bonds. The highest BCUT2D eigenvalue weighted by Crippen LogP contribution is 2.21. The van der Waals surface area contributed by atoms with Gasteiger partial charge >= 0.3 is 0 Å². The van der Waals surface area contributed by atoms with Crippen LogP contribution in [0, 0.1) is 0 Å². The summed E-state index contributed by atoms with van der Waals surface area (Å²) in [5.41, 5.74) is 7.22. The van der Waals surface area contributed by atoms with E-state index in [1.807, 2.05) is 0 Å². The molecule has 0 atom stereocenters. The SMILES string of the molecule is NNc1ncc(S(=O)(=O)NCCCCC(N)=O)cc1Cl. The molecule has 0 spiro atoms. The molecule has 0 aliphatic rings. The zero-order chi connectivity index (χ0) is 15.2. The number of carbonyl (C=O) groups excluding carboxylic acids is 1. The second-order valence-corrected chi connectivity index (χ2v) is 6.14. The molecule has 8 nitrogen and oxygen atoms in total. The Balaban J connectivity index is 2.60. The molecule has 0 saturated carbocycles. The molecular weight excluding hydrogens is 306 g/mol. The minimum atomic E-state index is -3.69. The van der Waals surface area contributed by atoms with E-state index in [-0.39, 0.29) is 28.7 Å². The number of hydrogen-bond acceptors (Lipinski definition) is 6. The minimum Gasteiger partial charge on any atom is -0.370 e. The largest absolute Gasteiger partial charge is 0.370 e. The van der Waals surface area contributed by atoms with Gasteiger partial charge < -0.3 is 11.2 Å². The van der Waals surface area contributed by atoms with Crippen LogP contribution in [0.3, 0.4) is 0 Å². The zero-order valence-corrected chi connectivity index (χ0v) is 12.2. The maximum absolute atomic E-state index is 11.9. The van der Waals surface area contributed by atoms with Crippen molar-refractivity contribution in [2.45, 2.75) is 24.2 Å². The molecule has 0 unspecified atom stereocenters. The molecule has 6 N–H and O–H groups in total. The van der Waals surface area contributed by atoms with Gasteiger partial charge in [0.2, 0.25) is 15.9 Å². The predicted molar refractivity (Wildman–Crippen MR) is 75.3 cm³/mol. The van der Waals surface area contributed by atoms with Gasteiger partial charge in [0.25, 0.3) is 0 Å². The van der Waals surface area contributed by atoms with E-state index in [9.17, 15) is 13.2 Å². The predicted octanol–water partition coefficient (Wildman–Crippen LogP) is -0.0455. The number of pyridine rings is 1. The molecule has 0 aromatic carbocycles. The summed E-state index contributed by atoms with van der Waals surface area (Å²) in [7, 11) is -3.69. The summed E-state index contributed by atoms with van der Waals surface area (Å²) < 4.78 is 26.2. The van der Waals surface area contributed by atoms with E-state index < -0.39 is 15.9 Å². The number of hydrazine groups is 1. The summed E-state index contributed by atoms with van der Waals surface area (Å²) in [6.07, 6.45) is 2.40. The van der Waals surface area contributed by atoms with Gasteiger partial charge in [0.1, 0.15) is 4.90 Å². The molecule has 0 bridgehead atoms. The third kappa shape index (κ3) is 4.93. The van der Waals surface area contributed by atoms with E-state index >= 15 is 0 Å². The summed E-state index contributed by atoms with van der Waals surface area (Å²) >= 11 is 5.81. The van der Waals surface area contributed by atoms with Crippen molar-refractivity contribution >= 4 is 33.3 Å². The van der Waals surface area contributed by atoms with Crippen LogP contribution in [0.2, 0.25) is 5.02 Å². The number of unbranched alkanes of at least 4 members (excludes halogenated alkanes) is 1. The van der Waals surface area contributed by atoms with Crippen molar-refractivity contribution in [3.8, 4) is 0 Å². The number of nitrogens with zero attached hydrogens (tertiary/aromatic N) is 1. The van der Waals surface area contributed by atoms with Gasteiger partial charge in [-0.15, -0.1) is 0 Å². The number of sulfonamides is 1. The number of primary amides is 1. The fraction of sp³-hybridized carbons (Fsp3) is 0.400. The van der Waals surface area contributed by atoms with Crippen molar-refractivity contribution in [2.75, 3.05) is 12.0 Å². The number of nitrogen functional groups attached to an aromatic ring is 1. The number of rotatable bonds is 8. The molecule has 1 aromatic rings. The molecule has 0 fully saturated rings. The summed E-state index contributed by atoms with van der Waals surface area (Å²) in [6.45, 7) is 0.199. The van der Waals surface area contributed by atoms with E-state index in [1.165, 1.54) is 6.07 Å². The molecule has 0 radical (unpaired) electrons. The van der Waals surface area contributed by atoms with Crippen LogP contribution in [0.25, 0.3) is 0 Å². The number of nitrogens with two attached hydrogens (primary N) is 2. The van der Waals surface area contributed by atoms with Crippen LogP contribution in [-0.2, 0) is 14.8 Å². The van der Waals surface area contributed by atoms with Crippen LogP contribution in [-0.4, -0.2) is 25.9 Å². The van der Waals surface area contributed by atoms with Crippen LogP contribution in [0.4, 0.5) is 5.82 Å². The van der Waals surface area contributed by atoms with Crippen LogP contribution in [0.1, 0.15) is 19.3 Å². The highest BCUT2D eigenvalue weighted by Gasteiger charge is 2.15. The first-order chi connectivity index (χ1) is 9.36. The third-order valence-corrected chi connectivity index (χ3v) is 4.12. The summed E-state index contributed by atoms with van der Waals surface area (Å²) in [4.78, 5) is 14.2. The first-order valence-corrected chi connectivity index (χ1v) is 7.63. The summed E-state index contributed by atoms with van der Waals surface area (Å²) in [6, 6.07) is 1.25. The maximum atomic E-state index is 11.9. The molecular formula is C10H16ClN5O3S. The minimum absolute atomic E-state index is 0.0589. The quantitative estimate of drug-likeness (QED) is 0.301. The zero-order valence-electron chi connectivity index (χ0n) is 10.6. The fourth-order valence-electron chi connectivity index (χ4n) is 1.39. The molecule has 10 heteroatoms. The Kier molecular flexibility index (Phi) is 6.14. The number of aromatic nitrogens is 1. The van der Waals surface area contributed by atoms with Gasteiger partial charge in [-0.1, -0.05) is 11.6 Å². The van der Waals surface area contributed by atoms with Gasteiger partial charge in [0.05, 0.1) is 5.02 Å².